The van der Waals surface area contributed by atoms with Crippen molar-refractivity contribution < 1.29 is 9.32 Å². The topological polar surface area (TPSA) is 80.0 Å². The lowest BCUT2D eigenvalue weighted by Crippen LogP contribution is -2.41. The number of halogens is 1. The zero-order chi connectivity index (χ0) is 12.1. The second-order valence-corrected chi connectivity index (χ2v) is 4.32. The van der Waals surface area contributed by atoms with Crippen LogP contribution in [0, 0.1) is 12.8 Å². The lowest BCUT2D eigenvalue weighted by molar-refractivity contribution is -0.125. The molecule has 0 spiro atoms. The number of piperidine rings is 1. The Balaban J connectivity index is 0.00000162. The van der Waals surface area contributed by atoms with Crippen LogP contribution in [0.15, 0.2) is 4.52 Å². The van der Waals surface area contributed by atoms with Gasteiger partial charge in [0.1, 0.15) is 0 Å². The van der Waals surface area contributed by atoms with Crippen molar-refractivity contribution in [1.29, 1.82) is 0 Å². The number of aryl methyl sites for hydroxylation is 1. The molecule has 1 fully saturated rings. The Morgan fingerprint density at radius 1 is 1.61 bits per heavy atom. The van der Waals surface area contributed by atoms with Gasteiger partial charge in [-0.05, 0) is 26.3 Å². The molecule has 7 heteroatoms. The number of nitrogens with zero attached hydrogens (tertiary/aromatic N) is 2. The van der Waals surface area contributed by atoms with Gasteiger partial charge in [0.2, 0.25) is 11.8 Å². The van der Waals surface area contributed by atoms with E-state index in [1.165, 1.54) is 0 Å². The van der Waals surface area contributed by atoms with E-state index in [0.29, 0.717) is 24.7 Å². The van der Waals surface area contributed by atoms with Crippen molar-refractivity contribution in [2.45, 2.75) is 26.2 Å². The van der Waals surface area contributed by atoms with Crippen molar-refractivity contribution in [3.63, 3.8) is 0 Å². The molecular formula is C11H19ClN4O2. The summed E-state index contributed by atoms with van der Waals surface area (Å²) in [7, 11) is 0. The summed E-state index contributed by atoms with van der Waals surface area (Å²) in [5.74, 6) is 1.42. The summed E-state index contributed by atoms with van der Waals surface area (Å²) in [6.45, 7) is 4.13. The van der Waals surface area contributed by atoms with Crippen LogP contribution in [0.5, 0.6) is 0 Å². The summed E-state index contributed by atoms with van der Waals surface area (Å²) in [5, 5.41) is 9.82. The molecule has 1 saturated heterocycles. The Labute approximate surface area is 112 Å². The fraction of sp³-hybridized carbons (Fsp3) is 0.727. The summed E-state index contributed by atoms with van der Waals surface area (Å²) in [6.07, 6.45) is 2.63. The third-order valence-corrected chi connectivity index (χ3v) is 2.88. The summed E-state index contributed by atoms with van der Waals surface area (Å²) in [5.41, 5.74) is 0. The van der Waals surface area contributed by atoms with Crippen LogP contribution in [-0.4, -0.2) is 35.7 Å². The van der Waals surface area contributed by atoms with Crippen LogP contribution in [0.4, 0.5) is 0 Å². The monoisotopic (exact) mass is 274 g/mol. The van der Waals surface area contributed by atoms with Gasteiger partial charge in [-0.25, -0.2) is 0 Å². The van der Waals surface area contributed by atoms with Gasteiger partial charge in [0.15, 0.2) is 5.82 Å². The van der Waals surface area contributed by atoms with Gasteiger partial charge in [-0.1, -0.05) is 5.16 Å². The van der Waals surface area contributed by atoms with Crippen molar-refractivity contribution >= 4 is 18.3 Å². The highest BCUT2D eigenvalue weighted by molar-refractivity contribution is 5.85. The summed E-state index contributed by atoms with van der Waals surface area (Å²) in [6, 6.07) is 0. The van der Waals surface area contributed by atoms with Gasteiger partial charge in [-0.3, -0.25) is 4.79 Å². The van der Waals surface area contributed by atoms with E-state index in [9.17, 15) is 4.79 Å². The van der Waals surface area contributed by atoms with Gasteiger partial charge in [-0.15, -0.1) is 12.4 Å². The van der Waals surface area contributed by atoms with Crippen LogP contribution in [0.2, 0.25) is 0 Å². The minimum absolute atomic E-state index is 0. The Hall–Kier alpha value is -1.14. The Bertz CT molecular complexity index is 377. The van der Waals surface area contributed by atoms with Crippen LogP contribution in [0.25, 0.3) is 0 Å². The summed E-state index contributed by atoms with van der Waals surface area (Å²) in [4.78, 5) is 15.9. The van der Waals surface area contributed by atoms with Crippen molar-refractivity contribution in [1.82, 2.24) is 20.8 Å². The fourth-order valence-corrected chi connectivity index (χ4v) is 1.95. The molecule has 0 radical (unpaired) electrons. The van der Waals surface area contributed by atoms with Crippen LogP contribution in [0.1, 0.15) is 24.6 Å². The number of hydrogen-bond donors (Lipinski definition) is 2. The molecule has 0 saturated carbocycles. The van der Waals surface area contributed by atoms with Gasteiger partial charge < -0.3 is 15.2 Å². The van der Waals surface area contributed by atoms with Crippen LogP contribution in [-0.2, 0) is 11.2 Å². The highest BCUT2D eigenvalue weighted by Gasteiger charge is 2.20. The maximum Gasteiger partial charge on any atom is 0.228 e. The average molecular weight is 275 g/mol. The molecule has 1 atom stereocenters. The molecule has 102 valence electrons. The smallest absolute Gasteiger partial charge is 0.228 e. The van der Waals surface area contributed by atoms with Crippen LogP contribution < -0.4 is 10.6 Å². The molecule has 1 aliphatic heterocycles. The third-order valence-electron chi connectivity index (χ3n) is 2.88. The van der Waals surface area contributed by atoms with Crippen molar-refractivity contribution in [2.75, 3.05) is 19.6 Å². The standard InChI is InChI=1S/C11H18N4O2.ClH/c1-8-14-10(17-15-8)4-6-13-11(16)9-3-2-5-12-7-9;/h9,12H,2-7H2,1H3,(H,13,16);1H/t9-;/m1./s1. The molecule has 0 aliphatic carbocycles. The SMILES string of the molecule is Cc1noc(CCNC(=O)[C@@H]2CCCNC2)n1.Cl. The van der Waals surface area contributed by atoms with Gasteiger partial charge >= 0.3 is 0 Å². The summed E-state index contributed by atoms with van der Waals surface area (Å²) >= 11 is 0. The first kappa shape index (κ1) is 14.9. The number of hydrogen-bond acceptors (Lipinski definition) is 5. The third kappa shape index (κ3) is 4.27. The number of carbonyl (C=O) groups excluding carboxylic acids is 1. The number of amides is 1. The minimum Gasteiger partial charge on any atom is -0.355 e. The first-order valence-electron chi connectivity index (χ1n) is 6.03. The average Bonchev–Trinajstić information content (AvgIpc) is 2.76. The molecule has 1 aromatic rings. The molecule has 6 nitrogen and oxygen atoms in total. The van der Waals surface area contributed by atoms with E-state index in [1.54, 1.807) is 6.92 Å². The van der Waals surface area contributed by atoms with E-state index >= 15 is 0 Å². The molecule has 1 amide bonds. The van der Waals surface area contributed by atoms with Crippen LogP contribution >= 0.6 is 12.4 Å². The molecule has 2 N–H and O–H groups in total. The highest BCUT2D eigenvalue weighted by atomic mass is 35.5. The van der Waals surface area contributed by atoms with E-state index in [-0.39, 0.29) is 24.2 Å². The van der Waals surface area contributed by atoms with Gasteiger partial charge in [-0.2, -0.15) is 4.98 Å². The van der Waals surface area contributed by atoms with Gasteiger partial charge in [0.05, 0.1) is 5.92 Å². The quantitative estimate of drug-likeness (QED) is 0.834. The van der Waals surface area contributed by atoms with E-state index < -0.39 is 0 Å². The predicted octanol–water partition coefficient (Wildman–Crippen LogP) is 0.458. The molecule has 2 heterocycles. The zero-order valence-corrected chi connectivity index (χ0v) is 11.3. The van der Waals surface area contributed by atoms with Crippen molar-refractivity contribution in [3.8, 4) is 0 Å². The largest absolute Gasteiger partial charge is 0.355 e. The predicted molar refractivity (Wildman–Crippen MR) is 68.6 cm³/mol. The molecule has 0 bridgehead atoms. The highest BCUT2D eigenvalue weighted by Crippen LogP contribution is 2.09. The molecule has 0 aromatic carbocycles. The minimum atomic E-state index is 0. The molecule has 18 heavy (non-hydrogen) atoms. The van der Waals surface area contributed by atoms with Crippen molar-refractivity contribution in [2.24, 2.45) is 5.92 Å². The van der Waals surface area contributed by atoms with E-state index in [1.807, 2.05) is 0 Å². The van der Waals surface area contributed by atoms with E-state index in [4.69, 9.17) is 4.52 Å². The second kappa shape index (κ2) is 7.33. The van der Waals surface area contributed by atoms with Gasteiger partial charge in [0.25, 0.3) is 0 Å². The van der Waals surface area contributed by atoms with Crippen LogP contribution in [0.3, 0.4) is 0 Å². The Morgan fingerprint density at radius 3 is 3.06 bits per heavy atom. The Kier molecular flexibility index (Phi) is 6.07. The maximum atomic E-state index is 11.8. The molecular weight excluding hydrogens is 256 g/mol. The van der Waals surface area contributed by atoms with E-state index in [0.717, 1.165) is 25.9 Å². The number of aromatic nitrogens is 2. The maximum absolute atomic E-state index is 11.8. The van der Waals surface area contributed by atoms with E-state index in [2.05, 4.69) is 20.8 Å². The fourth-order valence-electron chi connectivity index (χ4n) is 1.95. The molecule has 0 unspecified atom stereocenters. The lowest BCUT2D eigenvalue weighted by atomic mass is 9.99. The van der Waals surface area contributed by atoms with Gasteiger partial charge in [0, 0.05) is 19.5 Å². The first-order valence-corrected chi connectivity index (χ1v) is 6.03. The molecule has 1 aromatic heterocycles. The number of carbonyl (C=O) groups is 1. The normalized spacial score (nSPS) is 19.1. The number of nitrogens with one attached hydrogen (secondary N) is 2. The lowest BCUT2D eigenvalue weighted by Gasteiger charge is -2.21. The first-order chi connectivity index (χ1) is 8.25. The molecule has 2 rings (SSSR count). The molecule has 1 aliphatic rings. The number of rotatable bonds is 4. The summed E-state index contributed by atoms with van der Waals surface area (Å²) < 4.78 is 4.97. The van der Waals surface area contributed by atoms with Crippen molar-refractivity contribution in [3.05, 3.63) is 11.7 Å². The second-order valence-electron chi connectivity index (χ2n) is 4.32. The Morgan fingerprint density at radius 2 is 2.44 bits per heavy atom. The zero-order valence-electron chi connectivity index (χ0n) is 10.4.